The lowest BCUT2D eigenvalue weighted by molar-refractivity contribution is -0.0755. The van der Waals surface area contributed by atoms with Gasteiger partial charge in [-0.2, -0.15) is 0 Å². The molecule has 0 atom stereocenters. The normalized spacial score (nSPS) is 15.8. The second kappa shape index (κ2) is 6.51. The SMILES string of the molecule is c1ccc(-c2cc(CC3(NCc4ccncc4)COC3)no2)nc1. The van der Waals surface area contributed by atoms with Crippen molar-refractivity contribution >= 4 is 0 Å². The minimum Gasteiger partial charge on any atom is -0.377 e. The lowest BCUT2D eigenvalue weighted by atomic mass is 9.91. The molecule has 3 aromatic heterocycles. The molecule has 4 heterocycles. The average molecular weight is 322 g/mol. The molecule has 0 aliphatic carbocycles. The monoisotopic (exact) mass is 322 g/mol. The van der Waals surface area contributed by atoms with Crippen LogP contribution >= 0.6 is 0 Å². The van der Waals surface area contributed by atoms with Gasteiger partial charge in [-0.25, -0.2) is 0 Å². The molecular formula is C18H18N4O2. The molecular weight excluding hydrogens is 304 g/mol. The van der Waals surface area contributed by atoms with E-state index in [1.807, 2.05) is 36.4 Å². The molecule has 0 bridgehead atoms. The zero-order valence-corrected chi connectivity index (χ0v) is 13.2. The van der Waals surface area contributed by atoms with Gasteiger partial charge in [-0.1, -0.05) is 11.2 Å². The first-order valence-electron chi connectivity index (χ1n) is 7.92. The molecule has 0 radical (unpaired) electrons. The lowest BCUT2D eigenvalue weighted by Gasteiger charge is -2.42. The molecule has 1 aliphatic heterocycles. The highest BCUT2D eigenvalue weighted by Crippen LogP contribution is 2.25. The molecule has 0 amide bonds. The maximum Gasteiger partial charge on any atom is 0.185 e. The second-order valence-electron chi connectivity index (χ2n) is 6.06. The summed E-state index contributed by atoms with van der Waals surface area (Å²) in [5.41, 5.74) is 2.80. The highest BCUT2D eigenvalue weighted by atomic mass is 16.5. The first kappa shape index (κ1) is 15.0. The van der Waals surface area contributed by atoms with Crippen LogP contribution in [0.2, 0.25) is 0 Å². The number of ether oxygens (including phenoxy) is 1. The topological polar surface area (TPSA) is 73.1 Å². The Bertz CT molecular complexity index is 785. The molecule has 1 N–H and O–H groups in total. The van der Waals surface area contributed by atoms with Crippen molar-refractivity contribution in [2.24, 2.45) is 0 Å². The Kier molecular flexibility index (Phi) is 4.06. The number of nitrogens with zero attached hydrogens (tertiary/aromatic N) is 3. The quantitative estimate of drug-likeness (QED) is 0.750. The van der Waals surface area contributed by atoms with Crippen molar-refractivity contribution in [2.45, 2.75) is 18.5 Å². The molecule has 0 saturated carbocycles. The van der Waals surface area contributed by atoms with E-state index < -0.39 is 0 Å². The fourth-order valence-corrected chi connectivity index (χ4v) is 2.78. The van der Waals surface area contributed by atoms with E-state index in [1.165, 1.54) is 5.56 Å². The largest absolute Gasteiger partial charge is 0.377 e. The van der Waals surface area contributed by atoms with Gasteiger partial charge in [0.25, 0.3) is 0 Å². The van der Waals surface area contributed by atoms with Crippen LogP contribution < -0.4 is 5.32 Å². The van der Waals surface area contributed by atoms with Gasteiger partial charge in [-0.05, 0) is 29.8 Å². The average Bonchev–Trinajstić information content (AvgIpc) is 3.07. The summed E-state index contributed by atoms with van der Waals surface area (Å²) in [5, 5.41) is 7.79. The zero-order valence-electron chi connectivity index (χ0n) is 13.2. The van der Waals surface area contributed by atoms with Crippen molar-refractivity contribution in [3.8, 4) is 11.5 Å². The molecule has 1 aliphatic rings. The Morgan fingerprint density at radius 3 is 2.67 bits per heavy atom. The minimum atomic E-state index is -0.0957. The molecule has 24 heavy (non-hydrogen) atoms. The van der Waals surface area contributed by atoms with E-state index in [9.17, 15) is 0 Å². The third-order valence-corrected chi connectivity index (χ3v) is 4.17. The van der Waals surface area contributed by atoms with E-state index in [4.69, 9.17) is 9.26 Å². The van der Waals surface area contributed by atoms with E-state index in [-0.39, 0.29) is 5.54 Å². The van der Waals surface area contributed by atoms with Gasteiger partial charge >= 0.3 is 0 Å². The van der Waals surface area contributed by atoms with Crippen molar-refractivity contribution in [1.29, 1.82) is 0 Å². The van der Waals surface area contributed by atoms with Gasteiger partial charge in [0, 0.05) is 37.6 Å². The van der Waals surface area contributed by atoms with Gasteiger partial charge in [-0.15, -0.1) is 0 Å². The van der Waals surface area contributed by atoms with E-state index in [2.05, 4.69) is 20.4 Å². The van der Waals surface area contributed by atoms with Crippen LogP contribution in [0.1, 0.15) is 11.3 Å². The summed E-state index contributed by atoms with van der Waals surface area (Å²) < 4.78 is 10.9. The number of aromatic nitrogens is 3. The maximum atomic E-state index is 5.44. The molecule has 122 valence electrons. The van der Waals surface area contributed by atoms with Crippen molar-refractivity contribution < 1.29 is 9.26 Å². The Morgan fingerprint density at radius 1 is 1.08 bits per heavy atom. The Morgan fingerprint density at radius 2 is 1.96 bits per heavy atom. The molecule has 6 nitrogen and oxygen atoms in total. The minimum absolute atomic E-state index is 0.0957. The zero-order chi connectivity index (χ0) is 16.2. The number of hydrogen-bond acceptors (Lipinski definition) is 6. The van der Waals surface area contributed by atoms with Gasteiger partial charge in [0.1, 0.15) is 5.69 Å². The first-order chi connectivity index (χ1) is 11.8. The molecule has 6 heteroatoms. The fraction of sp³-hybridized carbons (Fsp3) is 0.278. The fourth-order valence-electron chi connectivity index (χ4n) is 2.78. The van der Waals surface area contributed by atoms with Gasteiger partial charge < -0.3 is 14.6 Å². The predicted octanol–water partition coefficient (Wildman–Crippen LogP) is 2.23. The maximum absolute atomic E-state index is 5.44. The number of rotatable bonds is 6. The summed E-state index contributed by atoms with van der Waals surface area (Å²) in [6.45, 7) is 2.12. The van der Waals surface area contributed by atoms with Crippen molar-refractivity contribution in [2.75, 3.05) is 13.2 Å². The van der Waals surface area contributed by atoms with Crippen LogP contribution in [0, 0.1) is 0 Å². The molecule has 1 fully saturated rings. The van der Waals surface area contributed by atoms with Crippen LogP contribution in [0.5, 0.6) is 0 Å². The Hall–Kier alpha value is -2.57. The van der Waals surface area contributed by atoms with Crippen LogP contribution in [0.3, 0.4) is 0 Å². The van der Waals surface area contributed by atoms with Crippen LogP contribution in [-0.2, 0) is 17.7 Å². The molecule has 0 unspecified atom stereocenters. The predicted molar refractivity (Wildman–Crippen MR) is 88.1 cm³/mol. The van der Waals surface area contributed by atoms with Crippen molar-refractivity contribution in [3.05, 3.63) is 66.2 Å². The number of pyridine rings is 2. The molecule has 0 aromatic carbocycles. The molecule has 1 saturated heterocycles. The van der Waals surface area contributed by atoms with Crippen LogP contribution in [0.25, 0.3) is 11.5 Å². The summed E-state index contributed by atoms with van der Waals surface area (Å²) in [5.74, 6) is 0.690. The van der Waals surface area contributed by atoms with Crippen LogP contribution in [0.4, 0.5) is 0 Å². The van der Waals surface area contributed by atoms with E-state index in [0.29, 0.717) is 19.0 Å². The molecule has 0 spiro atoms. The number of hydrogen-bond donors (Lipinski definition) is 1. The summed E-state index contributed by atoms with van der Waals surface area (Å²) >= 11 is 0. The van der Waals surface area contributed by atoms with Crippen molar-refractivity contribution in [1.82, 2.24) is 20.4 Å². The van der Waals surface area contributed by atoms with Gasteiger partial charge in [-0.3, -0.25) is 9.97 Å². The summed E-state index contributed by atoms with van der Waals surface area (Å²) in [6, 6.07) is 11.7. The van der Waals surface area contributed by atoms with Gasteiger partial charge in [0.2, 0.25) is 0 Å². The number of nitrogens with one attached hydrogen (secondary N) is 1. The highest BCUT2D eigenvalue weighted by molar-refractivity contribution is 5.51. The lowest BCUT2D eigenvalue weighted by Crippen LogP contribution is -2.61. The first-order valence-corrected chi connectivity index (χ1v) is 7.92. The van der Waals surface area contributed by atoms with E-state index >= 15 is 0 Å². The van der Waals surface area contributed by atoms with Gasteiger partial charge in [0.05, 0.1) is 24.4 Å². The van der Waals surface area contributed by atoms with E-state index in [0.717, 1.165) is 24.4 Å². The summed E-state index contributed by atoms with van der Waals surface area (Å²) in [6.07, 6.45) is 6.11. The standard InChI is InChI=1S/C18H18N4O2/c1-2-6-20-16(3-1)17-9-15(22-24-17)10-18(12-23-13-18)21-11-14-4-7-19-8-5-14/h1-9,21H,10-13H2. The van der Waals surface area contributed by atoms with Crippen LogP contribution in [-0.4, -0.2) is 33.9 Å². The van der Waals surface area contributed by atoms with Crippen LogP contribution in [0.15, 0.2) is 59.5 Å². The molecule has 4 rings (SSSR count). The summed E-state index contributed by atoms with van der Waals surface area (Å²) in [7, 11) is 0. The third kappa shape index (κ3) is 3.20. The molecule has 3 aromatic rings. The van der Waals surface area contributed by atoms with Gasteiger partial charge in [0.15, 0.2) is 5.76 Å². The van der Waals surface area contributed by atoms with E-state index in [1.54, 1.807) is 18.6 Å². The second-order valence-corrected chi connectivity index (χ2v) is 6.06. The Balaban J connectivity index is 1.44. The Labute approximate surface area is 139 Å². The highest BCUT2D eigenvalue weighted by Gasteiger charge is 2.39. The summed E-state index contributed by atoms with van der Waals surface area (Å²) in [4.78, 5) is 8.33. The third-order valence-electron chi connectivity index (χ3n) is 4.17. The smallest absolute Gasteiger partial charge is 0.185 e. The van der Waals surface area contributed by atoms with Crippen molar-refractivity contribution in [3.63, 3.8) is 0 Å².